The Labute approximate surface area is 152 Å². The van der Waals surface area contributed by atoms with Gasteiger partial charge in [0.05, 0.1) is 0 Å². The molecule has 2 heteroatoms. The number of para-hydroxylation sites is 1. The van der Waals surface area contributed by atoms with Gasteiger partial charge in [-0.25, -0.2) is 0 Å². The van der Waals surface area contributed by atoms with Gasteiger partial charge < -0.3 is 5.32 Å². The zero-order valence-corrected chi connectivity index (χ0v) is 14.5. The molecule has 25 heavy (non-hydrogen) atoms. The van der Waals surface area contributed by atoms with Crippen molar-refractivity contribution >= 4 is 23.5 Å². The van der Waals surface area contributed by atoms with E-state index in [1.54, 1.807) is 0 Å². The third-order valence-electron chi connectivity index (χ3n) is 3.94. The van der Waals surface area contributed by atoms with Crippen LogP contribution in [0.1, 0.15) is 16.7 Å². The fourth-order valence-electron chi connectivity index (χ4n) is 2.66. The molecule has 1 N–H and O–H groups in total. The van der Waals surface area contributed by atoms with Gasteiger partial charge in [-0.15, -0.1) is 0 Å². The molecule has 120 valence electrons. The van der Waals surface area contributed by atoms with Crippen molar-refractivity contribution in [3.8, 4) is 11.8 Å². The lowest BCUT2D eigenvalue weighted by Crippen LogP contribution is -2.08. The van der Waals surface area contributed by atoms with Crippen molar-refractivity contribution in [3.05, 3.63) is 100 Å². The maximum atomic E-state index is 3.47. The molecular formula is C23H17NS. The summed E-state index contributed by atoms with van der Waals surface area (Å²) in [6.07, 6.45) is 2.24. The lowest BCUT2D eigenvalue weighted by atomic mass is 10.1. The highest BCUT2D eigenvalue weighted by molar-refractivity contribution is 8.03. The first-order chi connectivity index (χ1) is 12.4. The minimum atomic E-state index is 0.872. The number of anilines is 1. The summed E-state index contributed by atoms with van der Waals surface area (Å²) in [5, 5.41) is 3.47. The number of rotatable bonds is 1. The Morgan fingerprint density at radius 2 is 1.44 bits per heavy atom. The summed E-state index contributed by atoms with van der Waals surface area (Å²) < 4.78 is 0. The van der Waals surface area contributed by atoms with Crippen LogP contribution in [-0.2, 0) is 0 Å². The highest BCUT2D eigenvalue weighted by atomic mass is 32.2. The summed E-state index contributed by atoms with van der Waals surface area (Å²) in [4.78, 5) is 2.60. The summed E-state index contributed by atoms with van der Waals surface area (Å²) >= 11 is 1.83. The van der Waals surface area contributed by atoms with E-state index in [0.29, 0.717) is 0 Å². The highest BCUT2D eigenvalue weighted by Crippen LogP contribution is 2.37. The molecule has 1 heterocycles. The maximum Gasteiger partial charge on any atom is 0.0484 e. The molecule has 0 unspecified atom stereocenters. The van der Waals surface area contributed by atoms with Crippen molar-refractivity contribution in [2.75, 3.05) is 11.9 Å². The van der Waals surface area contributed by atoms with Gasteiger partial charge in [0.2, 0.25) is 0 Å². The SMILES string of the molecule is C(#Cc1ccc(/C=C2\CNc3ccccc3S2)cc1)c1ccccc1. The Kier molecular flexibility index (Phi) is 4.59. The monoisotopic (exact) mass is 339 g/mol. The summed E-state index contributed by atoms with van der Waals surface area (Å²) in [6, 6.07) is 26.9. The van der Waals surface area contributed by atoms with E-state index in [4.69, 9.17) is 0 Å². The van der Waals surface area contributed by atoms with Crippen LogP contribution in [0.15, 0.2) is 88.7 Å². The van der Waals surface area contributed by atoms with Crippen molar-refractivity contribution in [2.24, 2.45) is 0 Å². The van der Waals surface area contributed by atoms with Crippen LogP contribution in [0.25, 0.3) is 6.08 Å². The topological polar surface area (TPSA) is 12.0 Å². The molecule has 1 aliphatic heterocycles. The van der Waals surface area contributed by atoms with Gasteiger partial charge in [-0.1, -0.05) is 66.1 Å². The molecule has 0 aliphatic carbocycles. The number of hydrogen-bond donors (Lipinski definition) is 1. The van der Waals surface area contributed by atoms with Crippen LogP contribution in [-0.4, -0.2) is 6.54 Å². The minimum absolute atomic E-state index is 0.872. The van der Waals surface area contributed by atoms with Gasteiger partial charge in [-0.2, -0.15) is 0 Å². The smallest absolute Gasteiger partial charge is 0.0484 e. The second-order valence-corrected chi connectivity index (χ2v) is 6.97. The Bertz CT molecular complexity index is 960. The fourth-order valence-corrected chi connectivity index (χ4v) is 3.67. The molecule has 0 aromatic heterocycles. The van der Waals surface area contributed by atoms with Crippen LogP contribution in [0.4, 0.5) is 5.69 Å². The number of fused-ring (bicyclic) bond motifs is 1. The summed E-state index contributed by atoms with van der Waals surface area (Å²) in [5.41, 5.74) is 4.49. The highest BCUT2D eigenvalue weighted by Gasteiger charge is 2.11. The first kappa shape index (κ1) is 15.6. The molecule has 0 saturated heterocycles. The van der Waals surface area contributed by atoms with Crippen LogP contribution in [0.3, 0.4) is 0 Å². The second kappa shape index (κ2) is 7.34. The van der Waals surface area contributed by atoms with Gasteiger partial charge in [-0.05, 0) is 48.0 Å². The lowest BCUT2D eigenvalue weighted by Gasteiger charge is -2.19. The van der Waals surface area contributed by atoms with Gasteiger partial charge in [-0.3, -0.25) is 0 Å². The van der Waals surface area contributed by atoms with Crippen molar-refractivity contribution in [2.45, 2.75) is 4.90 Å². The molecule has 0 radical (unpaired) electrons. The average molecular weight is 339 g/mol. The van der Waals surface area contributed by atoms with Crippen LogP contribution in [0.5, 0.6) is 0 Å². The van der Waals surface area contributed by atoms with E-state index in [-0.39, 0.29) is 0 Å². The first-order valence-corrected chi connectivity index (χ1v) is 9.07. The average Bonchev–Trinajstić information content (AvgIpc) is 2.68. The van der Waals surface area contributed by atoms with Crippen molar-refractivity contribution < 1.29 is 0 Å². The summed E-state index contributed by atoms with van der Waals surface area (Å²) in [6.45, 7) is 0.872. The predicted molar refractivity (Wildman–Crippen MR) is 108 cm³/mol. The number of thioether (sulfide) groups is 1. The number of hydrogen-bond acceptors (Lipinski definition) is 2. The van der Waals surface area contributed by atoms with Crippen molar-refractivity contribution in [3.63, 3.8) is 0 Å². The third kappa shape index (κ3) is 3.96. The van der Waals surface area contributed by atoms with Gasteiger partial charge in [0.1, 0.15) is 0 Å². The Hall–Kier alpha value is -2.89. The second-order valence-electron chi connectivity index (χ2n) is 5.80. The molecule has 0 fully saturated rings. The third-order valence-corrected chi connectivity index (χ3v) is 5.04. The molecule has 3 aromatic rings. The molecule has 3 aromatic carbocycles. The molecule has 1 aliphatic rings. The van der Waals surface area contributed by atoms with Gasteiger partial charge in [0.15, 0.2) is 0 Å². The van der Waals surface area contributed by atoms with Crippen LogP contribution in [0, 0.1) is 11.8 Å². The molecular weight excluding hydrogens is 322 g/mol. The van der Waals surface area contributed by atoms with E-state index < -0.39 is 0 Å². The minimum Gasteiger partial charge on any atom is -0.380 e. The van der Waals surface area contributed by atoms with E-state index in [2.05, 4.69) is 71.8 Å². The Morgan fingerprint density at radius 1 is 0.760 bits per heavy atom. The van der Waals surface area contributed by atoms with E-state index in [9.17, 15) is 0 Å². The van der Waals surface area contributed by atoms with Gasteiger partial charge in [0.25, 0.3) is 0 Å². The van der Waals surface area contributed by atoms with E-state index in [1.807, 2.05) is 42.1 Å². The molecule has 4 rings (SSSR count). The Balaban J connectivity index is 1.49. The molecule has 0 atom stereocenters. The molecule has 1 nitrogen and oxygen atoms in total. The fraction of sp³-hybridized carbons (Fsp3) is 0.0435. The molecule has 0 saturated carbocycles. The Morgan fingerprint density at radius 3 is 2.24 bits per heavy atom. The zero-order valence-electron chi connectivity index (χ0n) is 13.7. The quantitative estimate of drug-likeness (QED) is 0.575. The van der Waals surface area contributed by atoms with Crippen LogP contribution in [0.2, 0.25) is 0 Å². The van der Waals surface area contributed by atoms with E-state index in [1.165, 1.54) is 21.1 Å². The lowest BCUT2D eigenvalue weighted by molar-refractivity contribution is 1.24. The zero-order chi connectivity index (χ0) is 16.9. The standard InChI is InChI=1S/C23H17NS/c1-2-6-18(7-3-1)10-11-19-12-14-20(15-13-19)16-21-17-24-22-8-4-5-9-23(22)25-21/h1-9,12-16,24H,17H2/b21-16+. The maximum absolute atomic E-state index is 3.47. The summed E-state index contributed by atoms with van der Waals surface area (Å²) in [5.74, 6) is 6.41. The van der Waals surface area contributed by atoms with Gasteiger partial charge in [0, 0.05) is 33.2 Å². The number of benzene rings is 3. The van der Waals surface area contributed by atoms with Gasteiger partial charge >= 0.3 is 0 Å². The summed E-state index contributed by atoms with van der Waals surface area (Å²) in [7, 11) is 0. The predicted octanol–water partition coefficient (Wildman–Crippen LogP) is 5.65. The molecule has 0 amide bonds. The molecule has 0 bridgehead atoms. The van der Waals surface area contributed by atoms with Crippen molar-refractivity contribution in [1.29, 1.82) is 0 Å². The van der Waals surface area contributed by atoms with Crippen LogP contribution >= 0.6 is 11.8 Å². The largest absolute Gasteiger partial charge is 0.380 e. The van der Waals surface area contributed by atoms with E-state index in [0.717, 1.165) is 17.7 Å². The van der Waals surface area contributed by atoms with Crippen LogP contribution < -0.4 is 5.32 Å². The van der Waals surface area contributed by atoms with E-state index >= 15 is 0 Å². The molecule has 0 spiro atoms. The normalized spacial score (nSPS) is 14.2. The number of nitrogens with one attached hydrogen (secondary N) is 1. The van der Waals surface area contributed by atoms with Crippen molar-refractivity contribution in [1.82, 2.24) is 0 Å². The first-order valence-electron chi connectivity index (χ1n) is 8.25.